The Bertz CT molecular complexity index is 997. The molecule has 1 aliphatic heterocycles. The van der Waals surface area contributed by atoms with E-state index in [9.17, 15) is 31.1 Å². The van der Waals surface area contributed by atoms with E-state index in [4.69, 9.17) is 0 Å². The van der Waals surface area contributed by atoms with E-state index in [1.807, 2.05) is 5.32 Å². The van der Waals surface area contributed by atoms with Gasteiger partial charge in [0.25, 0.3) is 0 Å². The summed E-state index contributed by atoms with van der Waals surface area (Å²) in [6.45, 7) is 0. The van der Waals surface area contributed by atoms with Crippen LogP contribution in [0.4, 0.5) is 36.8 Å². The Balaban J connectivity index is 2.09. The number of rotatable bonds is 2. The van der Waals surface area contributed by atoms with Crippen LogP contribution in [0.15, 0.2) is 47.8 Å². The molecule has 2 amide bonds. The summed E-state index contributed by atoms with van der Waals surface area (Å²) >= 11 is 0. The van der Waals surface area contributed by atoms with Gasteiger partial charge in [-0.25, -0.2) is 18.0 Å². The molecule has 11 heteroatoms. The predicted octanol–water partition coefficient (Wildman–Crippen LogP) is 4.45. The molecule has 146 valence electrons. The SMILES string of the molecule is C[N+]1(C(=O)Nc2c(F)cncc2F)N=C(C(F)(F)F)C=C1c1ccccc1F. The Morgan fingerprint density at radius 3 is 2.21 bits per heavy atom. The average Bonchev–Trinajstić information content (AvgIpc) is 2.98. The van der Waals surface area contributed by atoms with Crippen molar-refractivity contribution in [2.45, 2.75) is 6.18 Å². The molecular weight excluding hydrogens is 390 g/mol. The normalized spacial score (nSPS) is 19.2. The number of amides is 2. The van der Waals surface area contributed by atoms with Gasteiger partial charge in [0.1, 0.15) is 18.6 Å². The van der Waals surface area contributed by atoms with Crippen molar-refractivity contribution >= 4 is 23.1 Å². The minimum absolute atomic E-state index is 0.321. The molecule has 0 radical (unpaired) electrons. The van der Waals surface area contributed by atoms with Gasteiger partial charge in [0, 0.05) is 6.08 Å². The van der Waals surface area contributed by atoms with E-state index in [2.05, 4.69) is 10.1 Å². The van der Waals surface area contributed by atoms with E-state index in [0.29, 0.717) is 18.5 Å². The highest BCUT2D eigenvalue weighted by Gasteiger charge is 2.51. The van der Waals surface area contributed by atoms with Gasteiger partial charge in [0.15, 0.2) is 17.3 Å². The third-order valence-electron chi connectivity index (χ3n) is 3.97. The van der Waals surface area contributed by atoms with E-state index in [1.165, 1.54) is 12.1 Å². The molecular formula is C17H11F6N4O+. The lowest BCUT2D eigenvalue weighted by Gasteiger charge is -2.24. The number of allylic oxidation sites excluding steroid dienone is 1. The molecule has 0 saturated carbocycles. The van der Waals surface area contributed by atoms with Crippen molar-refractivity contribution in [2.75, 3.05) is 12.4 Å². The topological polar surface area (TPSA) is 54.4 Å². The summed E-state index contributed by atoms with van der Waals surface area (Å²) in [6.07, 6.45) is -3.20. The Hall–Kier alpha value is -3.21. The van der Waals surface area contributed by atoms with Gasteiger partial charge in [0.05, 0.1) is 18.0 Å². The summed E-state index contributed by atoms with van der Waals surface area (Å²) in [5.74, 6) is -3.38. The fraction of sp³-hybridized carbons (Fsp3) is 0.118. The van der Waals surface area contributed by atoms with Crippen LogP contribution in [0.2, 0.25) is 0 Å². The number of carbonyl (C=O) groups is 1. The summed E-state index contributed by atoms with van der Waals surface area (Å²) in [7, 11) is 0.934. The van der Waals surface area contributed by atoms with Crippen LogP contribution in [0, 0.1) is 17.5 Å². The summed E-state index contributed by atoms with van der Waals surface area (Å²) in [5, 5.41) is 5.20. The van der Waals surface area contributed by atoms with Crippen molar-refractivity contribution in [3.63, 3.8) is 0 Å². The summed E-state index contributed by atoms with van der Waals surface area (Å²) in [4.78, 5) is 15.9. The average molecular weight is 401 g/mol. The number of urea groups is 1. The molecule has 3 rings (SSSR count). The quantitative estimate of drug-likeness (QED) is 0.597. The van der Waals surface area contributed by atoms with Gasteiger partial charge >= 0.3 is 12.2 Å². The number of aromatic nitrogens is 1. The van der Waals surface area contributed by atoms with Crippen LogP contribution in [0.5, 0.6) is 0 Å². The monoisotopic (exact) mass is 401 g/mol. The van der Waals surface area contributed by atoms with Crippen molar-refractivity contribution in [3.05, 3.63) is 65.8 Å². The third-order valence-corrected chi connectivity index (χ3v) is 3.97. The predicted molar refractivity (Wildman–Crippen MR) is 87.2 cm³/mol. The minimum atomic E-state index is -4.93. The van der Waals surface area contributed by atoms with Crippen LogP contribution in [-0.2, 0) is 0 Å². The van der Waals surface area contributed by atoms with Crippen molar-refractivity contribution in [2.24, 2.45) is 5.10 Å². The highest BCUT2D eigenvalue weighted by Crippen LogP contribution is 2.37. The highest BCUT2D eigenvalue weighted by molar-refractivity contribution is 6.07. The first-order chi connectivity index (χ1) is 13.0. The number of hydrogen-bond donors (Lipinski definition) is 1. The van der Waals surface area contributed by atoms with E-state index in [1.54, 1.807) is 0 Å². The molecule has 0 spiro atoms. The number of quaternary nitrogens is 1. The van der Waals surface area contributed by atoms with Gasteiger partial charge in [-0.1, -0.05) is 21.8 Å². The first-order valence-electron chi connectivity index (χ1n) is 7.65. The minimum Gasteiger partial charge on any atom is -0.267 e. The molecule has 1 aromatic heterocycles. The van der Waals surface area contributed by atoms with Gasteiger partial charge in [-0.15, -0.1) is 0 Å². The van der Waals surface area contributed by atoms with Gasteiger partial charge in [-0.3, -0.25) is 10.3 Å². The van der Waals surface area contributed by atoms with Gasteiger partial charge in [-0.2, -0.15) is 13.2 Å². The van der Waals surface area contributed by atoms with Gasteiger partial charge < -0.3 is 0 Å². The van der Waals surface area contributed by atoms with E-state index in [-0.39, 0.29) is 5.56 Å². The maximum atomic E-state index is 14.2. The molecule has 0 bridgehead atoms. The number of hydrogen-bond acceptors (Lipinski definition) is 3. The standard InChI is InChI=1S/C17H10F6N4O/c1-27(16(28)25-15-11(19)7-24-8-12(15)20)13(6-14(26-27)17(21,22)23)9-4-2-3-5-10(9)18/h2-8H,1H3/p+1. The highest BCUT2D eigenvalue weighted by atomic mass is 19.4. The lowest BCUT2D eigenvalue weighted by Crippen LogP contribution is -2.45. The number of nitrogens with one attached hydrogen (secondary N) is 1. The molecule has 28 heavy (non-hydrogen) atoms. The second kappa shape index (κ2) is 6.75. The Morgan fingerprint density at radius 1 is 1.04 bits per heavy atom. The molecule has 1 aliphatic rings. The number of halogens is 6. The first-order valence-corrected chi connectivity index (χ1v) is 7.65. The second-order valence-corrected chi connectivity index (χ2v) is 5.86. The van der Waals surface area contributed by atoms with Crippen molar-refractivity contribution in [3.8, 4) is 0 Å². The molecule has 2 aromatic rings. The van der Waals surface area contributed by atoms with Crippen LogP contribution >= 0.6 is 0 Å². The molecule has 5 nitrogen and oxygen atoms in total. The molecule has 0 fully saturated rings. The van der Waals surface area contributed by atoms with E-state index in [0.717, 1.165) is 19.2 Å². The summed E-state index contributed by atoms with van der Waals surface area (Å²) in [6, 6.07) is 3.48. The fourth-order valence-corrected chi connectivity index (χ4v) is 2.57. The Labute approximate surface area is 154 Å². The van der Waals surface area contributed by atoms with Crippen LogP contribution in [0.1, 0.15) is 5.56 Å². The van der Waals surface area contributed by atoms with Crippen molar-refractivity contribution in [1.82, 2.24) is 4.98 Å². The third kappa shape index (κ3) is 3.36. The Morgan fingerprint density at radius 2 is 1.64 bits per heavy atom. The Kier molecular flexibility index (Phi) is 4.71. The number of anilines is 1. The van der Waals surface area contributed by atoms with Crippen molar-refractivity contribution in [1.29, 1.82) is 0 Å². The fourth-order valence-electron chi connectivity index (χ4n) is 2.57. The number of alkyl halides is 3. The molecule has 0 saturated heterocycles. The molecule has 2 heterocycles. The summed E-state index contributed by atoms with van der Waals surface area (Å²) in [5.41, 5.74) is -3.14. The van der Waals surface area contributed by atoms with Crippen LogP contribution in [0.3, 0.4) is 0 Å². The molecule has 1 N–H and O–H groups in total. The lowest BCUT2D eigenvalue weighted by molar-refractivity contribution is -0.756. The van der Waals surface area contributed by atoms with Crippen LogP contribution in [0.25, 0.3) is 5.70 Å². The number of nitrogens with zero attached hydrogens (tertiary/aromatic N) is 3. The van der Waals surface area contributed by atoms with Crippen LogP contribution < -0.4 is 5.32 Å². The molecule has 0 aliphatic carbocycles. The largest absolute Gasteiger partial charge is 0.452 e. The number of benzene rings is 1. The molecule has 1 unspecified atom stereocenters. The van der Waals surface area contributed by atoms with Gasteiger partial charge in [0.2, 0.25) is 5.71 Å². The number of carbonyl (C=O) groups excluding carboxylic acids is 1. The zero-order valence-electron chi connectivity index (χ0n) is 14.1. The zero-order chi connectivity index (χ0) is 20.7. The lowest BCUT2D eigenvalue weighted by atomic mass is 10.1. The molecule has 1 atom stereocenters. The number of pyridine rings is 1. The zero-order valence-corrected chi connectivity index (χ0v) is 14.1. The van der Waals surface area contributed by atoms with Gasteiger partial charge in [-0.05, 0) is 12.1 Å². The first kappa shape index (κ1) is 19.5. The van der Waals surface area contributed by atoms with Crippen LogP contribution in [-0.4, -0.2) is 34.5 Å². The smallest absolute Gasteiger partial charge is 0.267 e. The van der Waals surface area contributed by atoms with E-state index >= 15 is 0 Å². The molecule has 1 aromatic carbocycles. The maximum absolute atomic E-state index is 14.2. The second-order valence-electron chi connectivity index (χ2n) is 5.86. The maximum Gasteiger partial charge on any atom is 0.452 e. The summed E-state index contributed by atoms with van der Waals surface area (Å²) < 4.78 is 79.8. The van der Waals surface area contributed by atoms with E-state index < -0.39 is 51.3 Å². The van der Waals surface area contributed by atoms with Crippen molar-refractivity contribution < 1.29 is 35.7 Å².